The van der Waals surface area contributed by atoms with Gasteiger partial charge in [-0.1, -0.05) is 20.8 Å². The van der Waals surface area contributed by atoms with Crippen LogP contribution < -0.4 is 15.1 Å². The summed E-state index contributed by atoms with van der Waals surface area (Å²) in [5.41, 5.74) is -1.62. The van der Waals surface area contributed by atoms with Gasteiger partial charge in [-0.15, -0.1) is 0 Å². The monoisotopic (exact) mass is 597 g/mol. The molecule has 10 heteroatoms. The van der Waals surface area contributed by atoms with Crippen LogP contribution in [-0.2, 0) is 4.74 Å². The van der Waals surface area contributed by atoms with E-state index in [9.17, 15) is 9.59 Å². The average Bonchev–Trinajstić information content (AvgIpc) is 3.29. The number of hydrogen-bond donors (Lipinski definition) is 0. The number of ether oxygens (including phenoxy) is 2. The van der Waals surface area contributed by atoms with Crippen molar-refractivity contribution >= 4 is 22.6 Å². The van der Waals surface area contributed by atoms with Crippen LogP contribution in [0.15, 0.2) is 35.3 Å². The minimum absolute atomic E-state index is 0.000208. The number of anilines is 1. The molecule has 1 aromatic heterocycles. The smallest absolute Gasteiger partial charge is 0.343 e. The van der Waals surface area contributed by atoms with Gasteiger partial charge in [0.15, 0.2) is 17.4 Å². The molecule has 43 heavy (non-hydrogen) atoms. The molecule has 1 saturated heterocycles. The largest absolute Gasteiger partial charge is 0.487 e. The van der Waals surface area contributed by atoms with Crippen molar-refractivity contribution in [2.75, 3.05) is 44.7 Å². The molecule has 7 nitrogen and oxygen atoms in total. The summed E-state index contributed by atoms with van der Waals surface area (Å²) < 4.78 is 60.1. The van der Waals surface area contributed by atoms with Gasteiger partial charge in [-0.25, -0.2) is 18.0 Å². The summed E-state index contributed by atoms with van der Waals surface area (Å²) in [6.07, 6.45) is 4.00. The highest BCUT2D eigenvalue weighted by atomic mass is 19.1. The Kier molecular flexibility index (Phi) is 7.26. The van der Waals surface area contributed by atoms with Crippen molar-refractivity contribution in [3.8, 4) is 11.4 Å². The lowest BCUT2D eigenvalue weighted by atomic mass is 9.70. The quantitative estimate of drug-likeness (QED) is 0.329. The lowest BCUT2D eigenvalue weighted by Gasteiger charge is -2.38. The number of fused-ring (bicyclic) bond motifs is 3. The zero-order valence-electron chi connectivity index (χ0n) is 25.3. The molecule has 1 aliphatic heterocycles. The van der Waals surface area contributed by atoms with Crippen LogP contribution in [-0.4, -0.2) is 61.4 Å². The molecule has 3 aromatic rings. The van der Waals surface area contributed by atoms with Crippen molar-refractivity contribution < 1.29 is 27.4 Å². The molecule has 6 rings (SSSR count). The Balaban J connectivity index is 1.46. The predicted octanol–water partition coefficient (Wildman–Crippen LogP) is 5.93. The Bertz CT molecular complexity index is 1660. The van der Waals surface area contributed by atoms with Gasteiger partial charge in [0.1, 0.15) is 23.2 Å². The second-order valence-electron chi connectivity index (χ2n) is 13.0. The maximum atomic E-state index is 16.4. The van der Waals surface area contributed by atoms with Gasteiger partial charge in [-0.05, 0) is 62.8 Å². The molecule has 0 N–H and O–H groups in total. The van der Waals surface area contributed by atoms with Crippen LogP contribution in [0.3, 0.4) is 0 Å². The highest BCUT2D eigenvalue weighted by Crippen LogP contribution is 2.66. The Hall–Kier alpha value is -3.53. The molecule has 0 spiro atoms. The van der Waals surface area contributed by atoms with Gasteiger partial charge in [0.05, 0.1) is 17.5 Å². The fourth-order valence-corrected chi connectivity index (χ4v) is 7.48. The summed E-state index contributed by atoms with van der Waals surface area (Å²) in [5, 5.41) is -0.337. The van der Waals surface area contributed by atoms with Crippen LogP contribution in [0.4, 0.5) is 18.9 Å². The molecule has 2 aliphatic carbocycles. The first-order valence-electron chi connectivity index (χ1n) is 15.0. The van der Waals surface area contributed by atoms with E-state index >= 15 is 13.2 Å². The van der Waals surface area contributed by atoms with Crippen LogP contribution in [0.2, 0.25) is 0 Å². The predicted molar refractivity (Wildman–Crippen MR) is 159 cm³/mol. The molecule has 3 aliphatic rings. The van der Waals surface area contributed by atoms with E-state index in [1.54, 1.807) is 17.9 Å². The van der Waals surface area contributed by atoms with Crippen molar-refractivity contribution in [1.82, 2.24) is 9.47 Å². The maximum Gasteiger partial charge on any atom is 0.343 e. The fourth-order valence-electron chi connectivity index (χ4n) is 7.48. The molecule has 3 atom stereocenters. The lowest BCUT2D eigenvalue weighted by Crippen LogP contribution is -2.45. The van der Waals surface area contributed by atoms with Gasteiger partial charge < -0.3 is 23.8 Å². The zero-order chi connectivity index (χ0) is 30.8. The number of halogens is 3. The highest BCUT2D eigenvalue weighted by Gasteiger charge is 2.62. The van der Waals surface area contributed by atoms with E-state index in [2.05, 4.69) is 25.7 Å². The second-order valence-corrected chi connectivity index (χ2v) is 13.0. The van der Waals surface area contributed by atoms with Crippen LogP contribution >= 0.6 is 0 Å². The number of nitrogens with zero attached hydrogens (tertiary/aromatic N) is 3. The summed E-state index contributed by atoms with van der Waals surface area (Å²) in [4.78, 5) is 29.8. The van der Waals surface area contributed by atoms with Gasteiger partial charge in [0.2, 0.25) is 5.43 Å². The fraction of sp³-hybridized carbons (Fsp3) is 0.515. The van der Waals surface area contributed by atoms with E-state index in [1.807, 2.05) is 7.05 Å². The van der Waals surface area contributed by atoms with Gasteiger partial charge >= 0.3 is 5.97 Å². The molecule has 3 fully saturated rings. The lowest BCUT2D eigenvalue weighted by molar-refractivity contribution is 0.0278. The van der Waals surface area contributed by atoms with E-state index in [1.165, 1.54) is 16.7 Å². The molecular formula is C33H38F3N3O4. The summed E-state index contributed by atoms with van der Waals surface area (Å²) in [5.74, 6) is -2.86. The molecule has 2 saturated carbocycles. The number of piperazine rings is 1. The number of carbonyl (C=O) groups is 1. The molecule has 0 unspecified atom stereocenters. The van der Waals surface area contributed by atoms with Gasteiger partial charge in [0.25, 0.3) is 0 Å². The van der Waals surface area contributed by atoms with E-state index < -0.39 is 34.4 Å². The molecule has 2 bridgehead atoms. The highest BCUT2D eigenvalue weighted by molar-refractivity contribution is 5.95. The Morgan fingerprint density at radius 3 is 2.37 bits per heavy atom. The molecule has 0 amide bonds. The van der Waals surface area contributed by atoms with E-state index in [0.29, 0.717) is 32.1 Å². The Labute approximate surface area is 249 Å². The van der Waals surface area contributed by atoms with Crippen molar-refractivity contribution in [3.63, 3.8) is 0 Å². The standard InChI is InChI=1S/C33H38F3N3O4/c1-6-42-31(41)22-18-39(28-21(30(22)40)17-24(35)29(27(28)36)38-13-11-37(5)12-14-38)20-7-8-25(23(34)16-20)43-26-15-19-9-10-33(26,4)32(19,2)3/h7-8,16-19,26H,6,9-15H2,1-5H3/t19-,26+,33-/m1/s1. The summed E-state index contributed by atoms with van der Waals surface area (Å²) in [6, 6.07) is 5.19. The number of rotatable bonds is 6. The Morgan fingerprint density at radius 2 is 1.77 bits per heavy atom. The average molecular weight is 598 g/mol. The number of hydrogen-bond acceptors (Lipinski definition) is 6. The van der Waals surface area contributed by atoms with E-state index in [-0.39, 0.29) is 51.6 Å². The van der Waals surface area contributed by atoms with Crippen LogP contribution in [0.5, 0.6) is 5.75 Å². The third kappa shape index (κ3) is 4.60. The molecular weight excluding hydrogens is 559 g/mol. The minimum atomic E-state index is -0.954. The van der Waals surface area contributed by atoms with Crippen molar-refractivity contribution in [2.24, 2.45) is 16.7 Å². The van der Waals surface area contributed by atoms with Crippen LogP contribution in [0, 0.1) is 34.2 Å². The SMILES string of the molecule is CCOC(=O)c1cn(-c2ccc(O[C@H]3C[C@H]4CC[C@@]3(C)C4(C)C)c(F)c2)c2c(F)c(N3CCN(C)CC3)c(F)cc2c1=O. The summed E-state index contributed by atoms with van der Waals surface area (Å²) in [6.45, 7) is 10.3. The summed E-state index contributed by atoms with van der Waals surface area (Å²) >= 11 is 0. The second kappa shape index (κ2) is 10.6. The molecule has 2 heterocycles. The van der Waals surface area contributed by atoms with Crippen LogP contribution in [0.25, 0.3) is 16.6 Å². The van der Waals surface area contributed by atoms with Crippen LogP contribution in [0.1, 0.15) is 57.3 Å². The third-order valence-corrected chi connectivity index (χ3v) is 10.6. The number of carbonyl (C=O) groups excluding carboxylic acids is 1. The van der Waals surface area contributed by atoms with Crippen molar-refractivity contribution in [1.29, 1.82) is 0 Å². The number of likely N-dealkylation sites (N-methyl/N-ethyl adjacent to an activating group) is 1. The number of esters is 1. The van der Waals surface area contributed by atoms with Crippen molar-refractivity contribution in [3.05, 3.63) is 63.7 Å². The van der Waals surface area contributed by atoms with Gasteiger partial charge in [-0.2, -0.15) is 0 Å². The number of aromatic nitrogens is 1. The first-order chi connectivity index (χ1) is 20.4. The first kappa shape index (κ1) is 29.5. The molecule has 0 radical (unpaired) electrons. The van der Waals surface area contributed by atoms with E-state index in [4.69, 9.17) is 9.47 Å². The zero-order valence-corrected chi connectivity index (χ0v) is 25.3. The van der Waals surface area contributed by atoms with Gasteiger partial charge in [0, 0.05) is 49.5 Å². The third-order valence-electron chi connectivity index (χ3n) is 10.6. The normalized spacial score (nSPS) is 25.0. The topological polar surface area (TPSA) is 64.0 Å². The minimum Gasteiger partial charge on any atom is -0.487 e. The summed E-state index contributed by atoms with van der Waals surface area (Å²) in [7, 11) is 1.93. The Morgan fingerprint density at radius 1 is 1.05 bits per heavy atom. The maximum absolute atomic E-state index is 16.4. The molecule has 2 aromatic carbocycles. The van der Waals surface area contributed by atoms with E-state index in [0.717, 1.165) is 31.5 Å². The van der Waals surface area contributed by atoms with Gasteiger partial charge in [-0.3, -0.25) is 4.79 Å². The van der Waals surface area contributed by atoms with Crippen molar-refractivity contribution in [2.45, 2.75) is 53.1 Å². The number of benzene rings is 2. The number of pyridine rings is 1. The molecule has 230 valence electrons. The first-order valence-corrected chi connectivity index (χ1v) is 15.0.